The molecule has 0 unspecified atom stereocenters. The summed E-state index contributed by atoms with van der Waals surface area (Å²) in [6, 6.07) is 0. The molecule has 0 heterocycles. The van der Waals surface area contributed by atoms with E-state index >= 15 is 0 Å². The van der Waals surface area contributed by atoms with Crippen LogP contribution in [0.4, 0.5) is 0 Å². The minimum absolute atomic E-state index is 0.229. The van der Waals surface area contributed by atoms with Crippen LogP contribution in [0.15, 0.2) is 17.4 Å². The molecule has 12 heavy (non-hydrogen) atoms. The molecule has 0 radical (unpaired) electrons. The Balaban J connectivity index is 2.69. The zero-order valence-corrected chi connectivity index (χ0v) is 7.43. The van der Waals surface area contributed by atoms with Gasteiger partial charge in [-0.25, -0.2) is 4.79 Å². The van der Waals surface area contributed by atoms with E-state index in [1.165, 1.54) is 20.0 Å². The molecule has 1 aliphatic rings. The summed E-state index contributed by atoms with van der Waals surface area (Å²) in [4.78, 5) is 11.1. The summed E-state index contributed by atoms with van der Waals surface area (Å²) in [5.74, 6) is -0.229. The predicted molar refractivity (Wildman–Crippen MR) is 46.7 cm³/mol. The lowest BCUT2D eigenvalue weighted by Crippen LogP contribution is -2.04. The minimum Gasteiger partial charge on any atom is -0.465 e. The van der Waals surface area contributed by atoms with Gasteiger partial charge in [0.25, 0.3) is 0 Å². The molecule has 0 aromatic carbocycles. The quantitative estimate of drug-likeness (QED) is 0.441. The van der Waals surface area contributed by atoms with Gasteiger partial charge in [0.2, 0.25) is 0 Å². The third kappa shape index (κ3) is 2.55. The summed E-state index contributed by atoms with van der Waals surface area (Å²) in [7, 11) is 1.41. The Labute approximate surface area is 72.9 Å². The first-order valence-corrected chi connectivity index (χ1v) is 4.37. The van der Waals surface area contributed by atoms with Crippen LogP contribution in [0.3, 0.4) is 0 Å². The van der Waals surface area contributed by atoms with Crippen LogP contribution in [-0.2, 0) is 9.53 Å². The smallest absolute Gasteiger partial charge is 0.341 e. The SMILES string of the molecule is COC(=O)C1=C=CCCCCC1. The van der Waals surface area contributed by atoms with Crippen LogP contribution in [0.25, 0.3) is 0 Å². The molecule has 0 aliphatic heterocycles. The highest BCUT2D eigenvalue weighted by atomic mass is 16.5. The lowest BCUT2D eigenvalue weighted by Gasteiger charge is -2.04. The Morgan fingerprint density at radius 2 is 2.33 bits per heavy atom. The van der Waals surface area contributed by atoms with Crippen molar-refractivity contribution in [3.8, 4) is 0 Å². The molecule has 0 fully saturated rings. The monoisotopic (exact) mass is 166 g/mol. The molecule has 0 atom stereocenters. The molecule has 66 valence electrons. The molecule has 1 rings (SSSR count). The van der Waals surface area contributed by atoms with Gasteiger partial charge in [0.1, 0.15) is 0 Å². The summed E-state index contributed by atoms with van der Waals surface area (Å²) >= 11 is 0. The van der Waals surface area contributed by atoms with Crippen LogP contribution in [0.5, 0.6) is 0 Å². The van der Waals surface area contributed by atoms with E-state index in [0.29, 0.717) is 5.57 Å². The van der Waals surface area contributed by atoms with Gasteiger partial charge in [0, 0.05) is 0 Å². The van der Waals surface area contributed by atoms with Crippen molar-refractivity contribution >= 4 is 5.97 Å². The average molecular weight is 166 g/mol. The second kappa shape index (κ2) is 4.78. The summed E-state index contributed by atoms with van der Waals surface area (Å²) in [5, 5.41) is 0. The first-order chi connectivity index (χ1) is 5.84. The fourth-order valence-electron chi connectivity index (χ4n) is 1.28. The Morgan fingerprint density at radius 1 is 1.50 bits per heavy atom. The fourth-order valence-corrected chi connectivity index (χ4v) is 1.28. The van der Waals surface area contributed by atoms with Gasteiger partial charge >= 0.3 is 5.97 Å². The van der Waals surface area contributed by atoms with E-state index in [1.54, 1.807) is 0 Å². The maximum absolute atomic E-state index is 11.1. The highest BCUT2D eigenvalue weighted by Gasteiger charge is 2.08. The van der Waals surface area contributed by atoms with Crippen LogP contribution in [-0.4, -0.2) is 13.1 Å². The van der Waals surface area contributed by atoms with Crippen molar-refractivity contribution in [1.82, 2.24) is 0 Å². The summed E-state index contributed by atoms with van der Waals surface area (Å²) < 4.78 is 4.63. The highest BCUT2D eigenvalue weighted by Crippen LogP contribution is 2.13. The second-order valence-electron chi connectivity index (χ2n) is 2.92. The molecule has 2 heteroatoms. The van der Waals surface area contributed by atoms with Crippen LogP contribution < -0.4 is 0 Å². The molecule has 0 amide bonds. The Hall–Kier alpha value is -1.01. The van der Waals surface area contributed by atoms with E-state index in [0.717, 1.165) is 19.3 Å². The summed E-state index contributed by atoms with van der Waals surface area (Å²) in [6.07, 6.45) is 7.25. The van der Waals surface area contributed by atoms with E-state index in [2.05, 4.69) is 10.5 Å². The minimum atomic E-state index is -0.229. The third-order valence-corrected chi connectivity index (χ3v) is 1.98. The highest BCUT2D eigenvalue weighted by molar-refractivity contribution is 5.88. The van der Waals surface area contributed by atoms with Crippen LogP contribution in [0.2, 0.25) is 0 Å². The standard InChI is InChI=1S/C10H14O2/c1-12-10(11)9-7-5-3-2-4-6-8-9/h5H,2-4,6,8H2,1H3. The van der Waals surface area contributed by atoms with Crippen molar-refractivity contribution < 1.29 is 9.53 Å². The number of carbonyl (C=O) groups excluding carboxylic acids is 1. The molecular weight excluding hydrogens is 152 g/mol. The first-order valence-electron chi connectivity index (χ1n) is 4.37. The van der Waals surface area contributed by atoms with Gasteiger partial charge in [-0.05, 0) is 31.8 Å². The van der Waals surface area contributed by atoms with Gasteiger partial charge in [-0.1, -0.05) is 6.42 Å². The van der Waals surface area contributed by atoms with E-state index in [4.69, 9.17) is 0 Å². The molecule has 0 bridgehead atoms. The molecule has 0 N–H and O–H groups in total. The molecule has 0 saturated carbocycles. The van der Waals surface area contributed by atoms with Crippen LogP contribution >= 0.6 is 0 Å². The number of rotatable bonds is 1. The number of carbonyl (C=O) groups is 1. The average Bonchev–Trinajstić information content (AvgIpc) is 2.02. The fraction of sp³-hybridized carbons (Fsp3) is 0.600. The first kappa shape index (κ1) is 9.08. The summed E-state index contributed by atoms with van der Waals surface area (Å²) in [6.45, 7) is 0. The molecule has 1 aliphatic carbocycles. The zero-order valence-electron chi connectivity index (χ0n) is 7.43. The van der Waals surface area contributed by atoms with Gasteiger partial charge in [-0.15, -0.1) is 5.73 Å². The molecule has 0 saturated heterocycles. The predicted octanol–water partition coefficient (Wildman–Crippen LogP) is 2.21. The van der Waals surface area contributed by atoms with Gasteiger partial charge in [0.15, 0.2) is 0 Å². The van der Waals surface area contributed by atoms with E-state index < -0.39 is 0 Å². The molecule has 0 aromatic rings. The van der Waals surface area contributed by atoms with Crippen molar-refractivity contribution in [3.05, 3.63) is 17.4 Å². The Bertz CT molecular complexity index is 222. The Kier molecular flexibility index (Phi) is 3.62. The lowest BCUT2D eigenvalue weighted by molar-refractivity contribution is -0.136. The lowest BCUT2D eigenvalue weighted by atomic mass is 10.0. The topological polar surface area (TPSA) is 26.3 Å². The third-order valence-electron chi connectivity index (χ3n) is 1.98. The van der Waals surface area contributed by atoms with Crippen molar-refractivity contribution in [2.45, 2.75) is 32.1 Å². The maximum Gasteiger partial charge on any atom is 0.341 e. The van der Waals surface area contributed by atoms with Crippen molar-refractivity contribution in [3.63, 3.8) is 0 Å². The second-order valence-corrected chi connectivity index (χ2v) is 2.92. The number of ether oxygens (including phenoxy) is 1. The zero-order chi connectivity index (χ0) is 8.81. The van der Waals surface area contributed by atoms with Gasteiger partial charge in [-0.2, -0.15) is 0 Å². The Morgan fingerprint density at radius 3 is 3.08 bits per heavy atom. The largest absolute Gasteiger partial charge is 0.465 e. The maximum atomic E-state index is 11.1. The van der Waals surface area contributed by atoms with Crippen LogP contribution in [0.1, 0.15) is 32.1 Å². The summed E-state index contributed by atoms with van der Waals surface area (Å²) in [5.41, 5.74) is 3.68. The normalized spacial score (nSPS) is 17.6. The number of hydrogen-bond acceptors (Lipinski definition) is 2. The molecular formula is C10H14O2. The van der Waals surface area contributed by atoms with Crippen molar-refractivity contribution in [2.75, 3.05) is 7.11 Å². The molecule has 2 nitrogen and oxygen atoms in total. The van der Waals surface area contributed by atoms with E-state index in [-0.39, 0.29) is 5.97 Å². The number of hydrogen-bond donors (Lipinski definition) is 0. The van der Waals surface area contributed by atoms with Crippen molar-refractivity contribution in [1.29, 1.82) is 0 Å². The number of esters is 1. The van der Waals surface area contributed by atoms with Gasteiger partial charge in [0.05, 0.1) is 12.7 Å². The van der Waals surface area contributed by atoms with Crippen LogP contribution in [0, 0.1) is 0 Å². The molecule has 0 spiro atoms. The van der Waals surface area contributed by atoms with E-state index in [1.807, 2.05) is 6.08 Å². The van der Waals surface area contributed by atoms with Gasteiger partial charge in [-0.3, -0.25) is 0 Å². The molecule has 0 aromatic heterocycles. The number of methoxy groups -OCH3 is 1. The van der Waals surface area contributed by atoms with Gasteiger partial charge < -0.3 is 4.74 Å². The van der Waals surface area contributed by atoms with E-state index in [9.17, 15) is 4.79 Å². The van der Waals surface area contributed by atoms with Crippen molar-refractivity contribution in [2.24, 2.45) is 0 Å².